The smallest absolute Gasteiger partial charge is 0.0794 e. The SMILES string of the molecule is c1csc(-c2[nH]ncc2CN2CCCCC[C@H]2c2cccs2)c1. The Morgan fingerprint density at radius 1 is 1.13 bits per heavy atom. The number of thiophene rings is 2. The predicted octanol–water partition coefficient (Wildman–Crippen LogP) is 5.32. The number of H-pyrrole nitrogens is 1. The lowest BCUT2D eigenvalue weighted by Crippen LogP contribution is -2.27. The van der Waals surface area contributed by atoms with Crippen LogP contribution in [0.5, 0.6) is 0 Å². The zero-order valence-electron chi connectivity index (χ0n) is 13.1. The van der Waals surface area contributed by atoms with E-state index in [1.807, 2.05) is 17.5 Å². The topological polar surface area (TPSA) is 31.9 Å². The Balaban J connectivity index is 1.60. The van der Waals surface area contributed by atoms with Crippen molar-refractivity contribution in [3.8, 4) is 10.6 Å². The van der Waals surface area contributed by atoms with E-state index in [1.165, 1.54) is 53.2 Å². The molecule has 4 heterocycles. The Kier molecular flexibility index (Phi) is 4.60. The first kappa shape index (κ1) is 15.1. The van der Waals surface area contributed by atoms with E-state index in [4.69, 9.17) is 0 Å². The van der Waals surface area contributed by atoms with Crippen molar-refractivity contribution in [3.63, 3.8) is 0 Å². The molecular formula is C18H21N3S2. The molecule has 5 heteroatoms. The van der Waals surface area contributed by atoms with Crippen molar-refractivity contribution < 1.29 is 0 Å². The molecule has 1 aliphatic heterocycles. The van der Waals surface area contributed by atoms with E-state index < -0.39 is 0 Å². The van der Waals surface area contributed by atoms with Gasteiger partial charge in [0.2, 0.25) is 0 Å². The van der Waals surface area contributed by atoms with E-state index in [9.17, 15) is 0 Å². The van der Waals surface area contributed by atoms with E-state index in [2.05, 4.69) is 50.1 Å². The van der Waals surface area contributed by atoms with Gasteiger partial charge in [-0.25, -0.2) is 0 Å². The highest BCUT2D eigenvalue weighted by Crippen LogP contribution is 2.35. The van der Waals surface area contributed by atoms with Crippen molar-refractivity contribution in [3.05, 3.63) is 51.7 Å². The molecule has 1 aliphatic rings. The standard InChI is InChI=1S/C18H21N3S2/c1-2-6-15(16-7-4-10-22-16)21(9-3-1)13-14-12-19-20-18(14)17-8-5-11-23-17/h4-5,7-8,10-12,15H,1-3,6,9,13H2,(H,19,20)/t15-/m0/s1. The molecule has 0 bridgehead atoms. The van der Waals surface area contributed by atoms with Crippen LogP contribution >= 0.6 is 22.7 Å². The van der Waals surface area contributed by atoms with Crippen molar-refractivity contribution in [2.45, 2.75) is 38.3 Å². The van der Waals surface area contributed by atoms with Crippen LogP contribution < -0.4 is 0 Å². The Labute approximate surface area is 145 Å². The van der Waals surface area contributed by atoms with Gasteiger partial charge in [-0.3, -0.25) is 10.00 Å². The van der Waals surface area contributed by atoms with E-state index in [-0.39, 0.29) is 0 Å². The van der Waals surface area contributed by atoms with Crippen LogP contribution in [0.1, 0.15) is 42.2 Å². The average Bonchev–Trinajstić information content (AvgIpc) is 3.29. The molecule has 1 atom stereocenters. The molecule has 0 saturated carbocycles. The summed E-state index contributed by atoms with van der Waals surface area (Å²) in [6.07, 6.45) is 7.26. The van der Waals surface area contributed by atoms with Gasteiger partial charge in [-0.15, -0.1) is 22.7 Å². The summed E-state index contributed by atoms with van der Waals surface area (Å²) in [5, 5.41) is 11.8. The summed E-state index contributed by atoms with van der Waals surface area (Å²) >= 11 is 3.67. The summed E-state index contributed by atoms with van der Waals surface area (Å²) in [6, 6.07) is 9.30. The van der Waals surface area contributed by atoms with Gasteiger partial charge in [0.05, 0.1) is 16.8 Å². The van der Waals surface area contributed by atoms with E-state index in [0.717, 1.165) is 6.54 Å². The minimum atomic E-state index is 0.559. The number of nitrogens with one attached hydrogen (secondary N) is 1. The van der Waals surface area contributed by atoms with Crippen LogP contribution in [-0.2, 0) is 6.54 Å². The second-order valence-electron chi connectivity index (χ2n) is 6.10. The average molecular weight is 344 g/mol. The fourth-order valence-corrected chi connectivity index (χ4v) is 5.09. The third-order valence-electron chi connectivity index (χ3n) is 4.59. The molecule has 0 radical (unpaired) electrons. The number of aromatic amines is 1. The number of hydrogen-bond donors (Lipinski definition) is 1. The zero-order valence-corrected chi connectivity index (χ0v) is 14.7. The van der Waals surface area contributed by atoms with Gasteiger partial charge in [0.1, 0.15) is 0 Å². The van der Waals surface area contributed by atoms with Gasteiger partial charge in [0.25, 0.3) is 0 Å². The van der Waals surface area contributed by atoms with Gasteiger partial charge in [-0.1, -0.05) is 25.0 Å². The minimum absolute atomic E-state index is 0.559. The Morgan fingerprint density at radius 2 is 2.04 bits per heavy atom. The Morgan fingerprint density at radius 3 is 2.87 bits per heavy atom. The highest BCUT2D eigenvalue weighted by Gasteiger charge is 2.24. The molecule has 3 aromatic heterocycles. The lowest BCUT2D eigenvalue weighted by Gasteiger charge is -2.29. The van der Waals surface area contributed by atoms with Crippen LogP contribution in [0.4, 0.5) is 0 Å². The van der Waals surface area contributed by atoms with Crippen LogP contribution in [0.2, 0.25) is 0 Å². The van der Waals surface area contributed by atoms with E-state index in [1.54, 1.807) is 11.3 Å². The molecule has 4 rings (SSSR count). The molecule has 3 aromatic rings. The van der Waals surface area contributed by atoms with Gasteiger partial charge in [-0.2, -0.15) is 5.10 Å². The summed E-state index contributed by atoms with van der Waals surface area (Å²) in [5.41, 5.74) is 2.50. The van der Waals surface area contributed by atoms with Crippen molar-refractivity contribution >= 4 is 22.7 Å². The highest BCUT2D eigenvalue weighted by molar-refractivity contribution is 7.13. The van der Waals surface area contributed by atoms with Gasteiger partial charge in [0, 0.05) is 23.0 Å². The van der Waals surface area contributed by atoms with Crippen molar-refractivity contribution in [2.24, 2.45) is 0 Å². The maximum absolute atomic E-state index is 4.31. The first-order valence-corrected chi connectivity index (χ1v) is 10.0. The monoisotopic (exact) mass is 343 g/mol. The first-order chi connectivity index (χ1) is 11.4. The second-order valence-corrected chi connectivity index (χ2v) is 8.03. The summed E-state index contributed by atoms with van der Waals surface area (Å²) < 4.78 is 0. The van der Waals surface area contributed by atoms with E-state index in [0.29, 0.717) is 6.04 Å². The molecule has 1 saturated heterocycles. The van der Waals surface area contributed by atoms with Crippen LogP contribution in [-0.4, -0.2) is 21.6 Å². The normalized spacial score (nSPS) is 19.7. The quantitative estimate of drug-likeness (QED) is 0.695. The van der Waals surface area contributed by atoms with Crippen LogP contribution in [0.15, 0.2) is 41.2 Å². The van der Waals surface area contributed by atoms with E-state index >= 15 is 0 Å². The molecule has 0 aliphatic carbocycles. The molecule has 1 N–H and O–H groups in total. The number of nitrogens with zero attached hydrogens (tertiary/aromatic N) is 2. The van der Waals surface area contributed by atoms with Gasteiger partial charge < -0.3 is 0 Å². The fourth-order valence-electron chi connectivity index (χ4n) is 3.44. The number of hydrogen-bond acceptors (Lipinski definition) is 4. The maximum atomic E-state index is 4.31. The minimum Gasteiger partial charge on any atom is -0.291 e. The van der Waals surface area contributed by atoms with Gasteiger partial charge >= 0.3 is 0 Å². The molecule has 0 amide bonds. The number of rotatable bonds is 4. The predicted molar refractivity (Wildman–Crippen MR) is 97.8 cm³/mol. The fraction of sp³-hybridized carbons (Fsp3) is 0.389. The Hall–Kier alpha value is -1.43. The van der Waals surface area contributed by atoms with Crippen LogP contribution in [0.3, 0.4) is 0 Å². The Bertz CT molecular complexity index is 715. The zero-order chi connectivity index (χ0) is 15.5. The van der Waals surface area contributed by atoms with Crippen LogP contribution in [0.25, 0.3) is 10.6 Å². The molecular weight excluding hydrogens is 322 g/mol. The molecule has 120 valence electrons. The van der Waals surface area contributed by atoms with Crippen molar-refractivity contribution in [1.82, 2.24) is 15.1 Å². The van der Waals surface area contributed by atoms with Gasteiger partial charge in [0.15, 0.2) is 0 Å². The summed E-state index contributed by atoms with van der Waals surface area (Å²) in [6.45, 7) is 2.16. The van der Waals surface area contributed by atoms with Gasteiger partial charge in [-0.05, 0) is 42.3 Å². The third-order valence-corrected chi connectivity index (χ3v) is 6.46. The molecule has 0 aromatic carbocycles. The number of aromatic nitrogens is 2. The number of likely N-dealkylation sites (tertiary alicyclic amines) is 1. The molecule has 23 heavy (non-hydrogen) atoms. The summed E-state index contributed by atoms with van der Waals surface area (Å²) in [7, 11) is 0. The molecule has 3 nitrogen and oxygen atoms in total. The maximum Gasteiger partial charge on any atom is 0.0794 e. The van der Waals surface area contributed by atoms with Crippen LogP contribution in [0, 0.1) is 0 Å². The van der Waals surface area contributed by atoms with Crippen molar-refractivity contribution in [2.75, 3.05) is 6.54 Å². The molecule has 1 fully saturated rings. The first-order valence-electron chi connectivity index (χ1n) is 8.25. The molecule has 0 unspecified atom stereocenters. The lowest BCUT2D eigenvalue weighted by molar-refractivity contribution is 0.195. The third kappa shape index (κ3) is 3.27. The van der Waals surface area contributed by atoms with Crippen molar-refractivity contribution in [1.29, 1.82) is 0 Å². The second kappa shape index (κ2) is 6.99. The lowest BCUT2D eigenvalue weighted by atomic mass is 10.1. The largest absolute Gasteiger partial charge is 0.291 e. The summed E-state index contributed by atoms with van der Waals surface area (Å²) in [5.74, 6) is 0. The highest BCUT2D eigenvalue weighted by atomic mass is 32.1. The molecule has 0 spiro atoms. The summed E-state index contributed by atoms with van der Waals surface area (Å²) in [4.78, 5) is 5.44.